The van der Waals surface area contributed by atoms with E-state index in [1.54, 1.807) is 19.1 Å². The standard InChI is InChI=1S/C11H14ClNO4/c1-9-2-3-11(10(8-9)13(14)15)17-7-6-16-5-4-12/h2-3,8H,4-7H2,1H3. The summed E-state index contributed by atoms with van der Waals surface area (Å²) in [5.74, 6) is 0.681. The average molecular weight is 260 g/mol. The first-order chi connectivity index (χ1) is 8.15. The quantitative estimate of drug-likeness (QED) is 0.327. The Balaban J connectivity index is 2.55. The largest absolute Gasteiger partial charge is 0.484 e. The second-order valence-electron chi connectivity index (χ2n) is 3.38. The number of rotatable bonds is 7. The van der Waals surface area contributed by atoms with Crippen LogP contribution >= 0.6 is 11.6 Å². The molecule has 0 spiro atoms. The molecule has 0 heterocycles. The van der Waals surface area contributed by atoms with Crippen LogP contribution in [0.5, 0.6) is 5.75 Å². The van der Waals surface area contributed by atoms with Crippen LogP contribution < -0.4 is 4.74 Å². The van der Waals surface area contributed by atoms with Gasteiger partial charge in [0.1, 0.15) is 6.61 Å². The summed E-state index contributed by atoms with van der Waals surface area (Å²) in [4.78, 5) is 10.3. The van der Waals surface area contributed by atoms with Gasteiger partial charge in [-0.05, 0) is 18.6 Å². The third-order valence-corrected chi connectivity index (χ3v) is 2.17. The molecule has 0 unspecified atom stereocenters. The highest BCUT2D eigenvalue weighted by molar-refractivity contribution is 6.17. The lowest BCUT2D eigenvalue weighted by molar-refractivity contribution is -0.385. The minimum atomic E-state index is -0.456. The van der Waals surface area contributed by atoms with E-state index >= 15 is 0 Å². The van der Waals surface area contributed by atoms with Crippen molar-refractivity contribution >= 4 is 17.3 Å². The molecule has 0 saturated carbocycles. The summed E-state index contributed by atoms with van der Waals surface area (Å²) < 4.78 is 10.4. The van der Waals surface area contributed by atoms with Gasteiger partial charge in [-0.3, -0.25) is 10.1 Å². The SMILES string of the molecule is Cc1ccc(OCCOCCCl)c([N+](=O)[O-])c1. The third kappa shape index (κ3) is 4.58. The highest BCUT2D eigenvalue weighted by atomic mass is 35.5. The molecule has 17 heavy (non-hydrogen) atoms. The fourth-order valence-electron chi connectivity index (χ4n) is 1.26. The summed E-state index contributed by atoms with van der Waals surface area (Å²) in [7, 11) is 0. The van der Waals surface area contributed by atoms with Crippen LogP contribution in [-0.2, 0) is 4.74 Å². The van der Waals surface area contributed by atoms with Crippen LogP contribution in [0.25, 0.3) is 0 Å². The normalized spacial score (nSPS) is 10.2. The smallest absolute Gasteiger partial charge is 0.311 e. The Bertz CT molecular complexity index is 384. The van der Waals surface area contributed by atoms with Crippen LogP contribution in [0.15, 0.2) is 18.2 Å². The van der Waals surface area contributed by atoms with Crippen LogP contribution in [0.4, 0.5) is 5.69 Å². The minimum Gasteiger partial charge on any atom is -0.484 e. The number of halogens is 1. The molecule has 0 aromatic heterocycles. The van der Waals surface area contributed by atoms with Gasteiger partial charge in [0.25, 0.3) is 0 Å². The fraction of sp³-hybridized carbons (Fsp3) is 0.455. The predicted molar refractivity (Wildman–Crippen MR) is 64.9 cm³/mol. The molecule has 0 aliphatic rings. The van der Waals surface area contributed by atoms with Crippen molar-refractivity contribution in [2.75, 3.05) is 25.7 Å². The Kier molecular flexibility index (Phi) is 5.72. The van der Waals surface area contributed by atoms with E-state index in [1.165, 1.54) is 6.07 Å². The van der Waals surface area contributed by atoms with Gasteiger partial charge in [-0.25, -0.2) is 0 Å². The zero-order chi connectivity index (χ0) is 12.7. The molecule has 0 amide bonds. The number of hydrogen-bond acceptors (Lipinski definition) is 4. The van der Waals surface area contributed by atoms with E-state index in [-0.39, 0.29) is 18.0 Å². The van der Waals surface area contributed by atoms with Crippen LogP contribution in [0.1, 0.15) is 5.56 Å². The molecule has 0 fully saturated rings. The van der Waals surface area contributed by atoms with Crippen molar-refractivity contribution in [3.8, 4) is 5.75 Å². The van der Waals surface area contributed by atoms with Crippen molar-refractivity contribution in [1.82, 2.24) is 0 Å². The number of hydrogen-bond donors (Lipinski definition) is 0. The second kappa shape index (κ2) is 7.09. The number of benzene rings is 1. The molecule has 0 N–H and O–H groups in total. The zero-order valence-electron chi connectivity index (χ0n) is 9.52. The maximum absolute atomic E-state index is 10.8. The van der Waals surface area contributed by atoms with Crippen molar-refractivity contribution in [2.24, 2.45) is 0 Å². The molecule has 0 radical (unpaired) electrons. The second-order valence-corrected chi connectivity index (χ2v) is 3.76. The van der Waals surface area contributed by atoms with Gasteiger partial charge < -0.3 is 9.47 Å². The highest BCUT2D eigenvalue weighted by Crippen LogP contribution is 2.27. The lowest BCUT2D eigenvalue weighted by Crippen LogP contribution is -2.09. The summed E-state index contributed by atoms with van der Waals surface area (Å²) in [6, 6.07) is 4.84. The first kappa shape index (κ1) is 13.7. The fourth-order valence-corrected chi connectivity index (χ4v) is 1.37. The van der Waals surface area contributed by atoms with Crippen molar-refractivity contribution in [3.63, 3.8) is 0 Å². The number of nitro groups is 1. The summed E-state index contributed by atoms with van der Waals surface area (Å²) in [6.07, 6.45) is 0. The highest BCUT2D eigenvalue weighted by Gasteiger charge is 2.14. The monoisotopic (exact) mass is 259 g/mol. The molecule has 0 saturated heterocycles. The topological polar surface area (TPSA) is 61.6 Å². The molecule has 94 valence electrons. The van der Waals surface area contributed by atoms with Gasteiger partial charge in [-0.2, -0.15) is 0 Å². The number of alkyl halides is 1. The Labute approximate surface area is 104 Å². The maximum Gasteiger partial charge on any atom is 0.311 e. The first-order valence-corrected chi connectivity index (χ1v) is 5.70. The Morgan fingerprint density at radius 3 is 2.76 bits per heavy atom. The Morgan fingerprint density at radius 1 is 1.35 bits per heavy atom. The van der Waals surface area contributed by atoms with Crippen LogP contribution in [0.2, 0.25) is 0 Å². The van der Waals surface area contributed by atoms with Crippen LogP contribution in [-0.4, -0.2) is 30.6 Å². The number of ether oxygens (including phenoxy) is 2. The van der Waals surface area contributed by atoms with E-state index in [4.69, 9.17) is 21.1 Å². The number of nitrogens with zero attached hydrogens (tertiary/aromatic N) is 1. The molecule has 5 nitrogen and oxygen atoms in total. The van der Waals surface area contributed by atoms with E-state index in [0.717, 1.165) is 5.56 Å². The summed E-state index contributed by atoms with van der Waals surface area (Å²) >= 11 is 5.43. The van der Waals surface area contributed by atoms with Crippen molar-refractivity contribution < 1.29 is 14.4 Å². The van der Waals surface area contributed by atoms with Gasteiger partial charge in [-0.15, -0.1) is 11.6 Å². The number of aryl methyl sites for hydroxylation is 1. The van der Waals surface area contributed by atoms with Crippen molar-refractivity contribution in [2.45, 2.75) is 6.92 Å². The lowest BCUT2D eigenvalue weighted by Gasteiger charge is -2.07. The van der Waals surface area contributed by atoms with Crippen molar-refractivity contribution in [1.29, 1.82) is 0 Å². The van der Waals surface area contributed by atoms with E-state index in [0.29, 0.717) is 19.1 Å². The summed E-state index contributed by atoms with van der Waals surface area (Å²) in [5, 5.41) is 10.8. The van der Waals surface area contributed by atoms with E-state index in [9.17, 15) is 10.1 Å². The molecule has 0 aliphatic heterocycles. The molecular weight excluding hydrogens is 246 g/mol. The Morgan fingerprint density at radius 2 is 2.12 bits per heavy atom. The van der Waals surface area contributed by atoms with Gasteiger partial charge in [0.15, 0.2) is 5.75 Å². The Hall–Kier alpha value is -1.33. The van der Waals surface area contributed by atoms with Crippen molar-refractivity contribution in [3.05, 3.63) is 33.9 Å². The van der Waals surface area contributed by atoms with Gasteiger partial charge in [0.05, 0.1) is 18.1 Å². The molecule has 6 heteroatoms. The lowest BCUT2D eigenvalue weighted by atomic mass is 10.2. The van der Waals surface area contributed by atoms with E-state index in [1.807, 2.05) is 0 Å². The molecule has 1 aromatic carbocycles. The predicted octanol–water partition coefficient (Wildman–Crippen LogP) is 2.54. The maximum atomic E-state index is 10.8. The molecule has 0 atom stereocenters. The molecule has 1 aromatic rings. The molecule has 0 bridgehead atoms. The molecular formula is C11H14ClNO4. The summed E-state index contributed by atoms with van der Waals surface area (Å²) in [5.41, 5.74) is 0.796. The summed E-state index contributed by atoms with van der Waals surface area (Å²) in [6.45, 7) is 2.86. The van der Waals surface area contributed by atoms with Gasteiger partial charge in [0, 0.05) is 11.9 Å². The van der Waals surface area contributed by atoms with Gasteiger partial charge >= 0.3 is 5.69 Å². The first-order valence-electron chi connectivity index (χ1n) is 5.16. The van der Waals surface area contributed by atoms with Crippen LogP contribution in [0, 0.1) is 17.0 Å². The molecule has 0 aliphatic carbocycles. The van der Waals surface area contributed by atoms with E-state index in [2.05, 4.69) is 0 Å². The van der Waals surface area contributed by atoms with Gasteiger partial charge in [0.2, 0.25) is 0 Å². The zero-order valence-corrected chi connectivity index (χ0v) is 10.3. The van der Waals surface area contributed by atoms with Crippen LogP contribution in [0.3, 0.4) is 0 Å². The average Bonchev–Trinajstić information content (AvgIpc) is 2.30. The minimum absolute atomic E-state index is 0.0256. The van der Waals surface area contributed by atoms with Gasteiger partial charge in [-0.1, -0.05) is 6.07 Å². The number of nitro benzene ring substituents is 1. The molecule has 1 rings (SSSR count). The van der Waals surface area contributed by atoms with E-state index < -0.39 is 4.92 Å². The third-order valence-electron chi connectivity index (χ3n) is 2.02.